The van der Waals surface area contributed by atoms with Crippen molar-refractivity contribution in [1.29, 1.82) is 0 Å². The summed E-state index contributed by atoms with van der Waals surface area (Å²) < 4.78 is 50.1. The number of amides is 2. The zero-order valence-electron chi connectivity index (χ0n) is 34.9. The fraction of sp³-hybridized carbons (Fsp3) is 0.409. The van der Waals surface area contributed by atoms with E-state index in [0.29, 0.717) is 37.6 Å². The van der Waals surface area contributed by atoms with Crippen LogP contribution in [-0.2, 0) is 57.1 Å². The van der Waals surface area contributed by atoms with Gasteiger partial charge < -0.3 is 19.6 Å². The van der Waals surface area contributed by atoms with E-state index in [1.807, 2.05) is 34.1 Å². The Balaban J connectivity index is 0.000000221. The van der Waals surface area contributed by atoms with Gasteiger partial charge >= 0.3 is 6.03 Å². The highest BCUT2D eigenvalue weighted by Gasteiger charge is 2.29. The highest BCUT2D eigenvalue weighted by molar-refractivity contribution is 7.92. The number of nitrogens with one attached hydrogen (secondary N) is 2. The number of carbonyl (C=O) groups is 1. The molecular formula is C44H58N6O5S3. The first-order valence-electron chi connectivity index (χ1n) is 19.4. The fourth-order valence-corrected chi connectivity index (χ4v) is 8.18. The van der Waals surface area contributed by atoms with Crippen LogP contribution in [0.4, 0.5) is 16.2 Å². The van der Waals surface area contributed by atoms with Crippen LogP contribution in [0.3, 0.4) is 0 Å². The molecule has 2 aliphatic rings. The molecule has 0 saturated carbocycles. The molecule has 4 aromatic carbocycles. The van der Waals surface area contributed by atoms with Crippen molar-refractivity contribution in [2.75, 3.05) is 48.1 Å². The summed E-state index contributed by atoms with van der Waals surface area (Å²) in [7, 11) is -6.55. The lowest BCUT2D eigenvalue weighted by molar-refractivity contribution is 0.189. The van der Waals surface area contributed by atoms with Crippen molar-refractivity contribution in [2.45, 2.75) is 78.6 Å². The topological polar surface area (TPSA) is 122 Å². The molecule has 2 aliphatic heterocycles. The summed E-state index contributed by atoms with van der Waals surface area (Å²) in [5.41, 5.74) is 8.44. The van der Waals surface area contributed by atoms with Crippen molar-refractivity contribution in [3.8, 4) is 0 Å². The molecule has 312 valence electrons. The molecule has 0 unspecified atom stereocenters. The average Bonchev–Trinajstić information content (AvgIpc) is 3.64. The number of nitrogens with zero attached hydrogens (tertiary/aromatic N) is 4. The third kappa shape index (κ3) is 13.2. The van der Waals surface area contributed by atoms with E-state index in [0.717, 1.165) is 60.5 Å². The third-order valence-corrected chi connectivity index (χ3v) is 11.7. The molecule has 2 amide bonds. The fourth-order valence-electron chi connectivity index (χ4n) is 6.74. The summed E-state index contributed by atoms with van der Waals surface area (Å²) in [6.07, 6.45) is 2.27. The normalized spacial score (nSPS) is 15.1. The van der Waals surface area contributed by atoms with E-state index in [-0.39, 0.29) is 16.9 Å². The maximum Gasteiger partial charge on any atom is 0.320 e. The first kappa shape index (κ1) is 44.4. The molecule has 0 bridgehead atoms. The van der Waals surface area contributed by atoms with Gasteiger partial charge in [-0.2, -0.15) is 0 Å². The molecule has 58 heavy (non-hydrogen) atoms. The zero-order valence-corrected chi connectivity index (χ0v) is 37.4. The van der Waals surface area contributed by atoms with Crippen LogP contribution in [0.5, 0.6) is 0 Å². The molecule has 0 radical (unpaired) electrons. The molecule has 0 aromatic heterocycles. The predicted octanol–water partition coefficient (Wildman–Crippen LogP) is 7.75. The summed E-state index contributed by atoms with van der Waals surface area (Å²) in [6.45, 7) is 19.1. The lowest BCUT2D eigenvalue weighted by Gasteiger charge is -2.23. The molecule has 11 nitrogen and oxygen atoms in total. The monoisotopic (exact) mass is 846 g/mol. The van der Waals surface area contributed by atoms with Gasteiger partial charge in [-0.1, -0.05) is 114 Å². The van der Waals surface area contributed by atoms with Gasteiger partial charge in [0.25, 0.3) is 0 Å². The highest BCUT2D eigenvalue weighted by atomic mass is 32.2. The first-order chi connectivity index (χ1) is 27.0. The van der Waals surface area contributed by atoms with Crippen LogP contribution in [0.2, 0.25) is 0 Å². The van der Waals surface area contributed by atoms with Gasteiger partial charge in [-0.05, 0) is 80.7 Å². The van der Waals surface area contributed by atoms with Crippen LogP contribution in [0.25, 0.3) is 0 Å². The van der Waals surface area contributed by atoms with Crippen LogP contribution in [0.1, 0.15) is 74.9 Å². The number of carbonyl (C=O) groups excluding carboxylic acids is 1. The van der Waals surface area contributed by atoms with Gasteiger partial charge in [0.15, 0.2) is 5.11 Å². The Hall–Kier alpha value is -4.66. The number of thiocarbonyl (C=S) groups is 1. The van der Waals surface area contributed by atoms with Gasteiger partial charge in [-0.25, -0.2) is 21.6 Å². The van der Waals surface area contributed by atoms with Gasteiger partial charge in [0.2, 0.25) is 20.0 Å². The number of hydrogen-bond donors (Lipinski definition) is 2. The molecule has 2 heterocycles. The molecular weight excluding hydrogens is 789 g/mol. The molecule has 14 heteroatoms. The van der Waals surface area contributed by atoms with Crippen LogP contribution < -0.4 is 9.44 Å². The van der Waals surface area contributed by atoms with Crippen molar-refractivity contribution in [2.24, 2.45) is 0 Å². The minimum atomic E-state index is -3.29. The van der Waals surface area contributed by atoms with Gasteiger partial charge in [0.1, 0.15) is 0 Å². The smallest absolute Gasteiger partial charge is 0.320 e. The summed E-state index contributed by atoms with van der Waals surface area (Å²) in [5.74, 6) is 0. The van der Waals surface area contributed by atoms with E-state index in [9.17, 15) is 21.6 Å². The van der Waals surface area contributed by atoms with E-state index in [2.05, 4.69) is 109 Å². The number of benzene rings is 4. The lowest BCUT2D eigenvalue weighted by Crippen LogP contribution is -2.31. The summed E-state index contributed by atoms with van der Waals surface area (Å²) in [5, 5.41) is 0.864. The molecule has 0 atom stereocenters. The van der Waals surface area contributed by atoms with Crippen molar-refractivity contribution >= 4 is 54.8 Å². The standard InChI is InChI=1S/C22H29N3O3S.C22H29N3O2S2/c1-22(2,3)19-9-5-17(6-10-19)15-24-13-14-25(21(24)26)16-18-7-11-20(12-8-18)23-29(4,27)28;1-22(2,3)19-9-5-17(6-10-19)15-24-13-14-25(21(24)28)16-18-7-11-20(12-8-18)23-29(4,26)27/h2*5-12,23H,13-16H2,1-4H3. The second-order valence-corrected chi connectivity index (χ2v) is 21.1. The number of hydrogen-bond acceptors (Lipinski definition) is 6. The quantitative estimate of drug-likeness (QED) is 0.139. The molecule has 2 N–H and O–H groups in total. The van der Waals surface area contributed by atoms with Crippen LogP contribution in [0, 0.1) is 0 Å². The number of urea groups is 1. The van der Waals surface area contributed by atoms with Crippen molar-refractivity contribution in [1.82, 2.24) is 19.6 Å². The van der Waals surface area contributed by atoms with Gasteiger partial charge in [0, 0.05) is 63.7 Å². The highest BCUT2D eigenvalue weighted by Crippen LogP contribution is 2.25. The Bertz CT molecular complexity index is 2090. The summed E-state index contributed by atoms with van der Waals surface area (Å²) >= 11 is 5.70. The molecule has 0 spiro atoms. The second-order valence-electron chi connectivity index (χ2n) is 17.3. The van der Waals surface area contributed by atoms with E-state index < -0.39 is 20.0 Å². The van der Waals surface area contributed by atoms with Crippen LogP contribution in [-0.4, -0.2) is 86.3 Å². The van der Waals surface area contributed by atoms with Gasteiger partial charge in [0.05, 0.1) is 12.5 Å². The van der Waals surface area contributed by atoms with Crippen molar-refractivity contribution in [3.05, 3.63) is 130 Å². The lowest BCUT2D eigenvalue weighted by atomic mass is 9.87. The summed E-state index contributed by atoms with van der Waals surface area (Å²) in [4.78, 5) is 20.9. The average molecular weight is 847 g/mol. The Morgan fingerprint density at radius 1 is 0.483 bits per heavy atom. The maximum absolute atomic E-state index is 12.8. The van der Waals surface area contributed by atoms with E-state index in [1.54, 1.807) is 24.3 Å². The van der Waals surface area contributed by atoms with Gasteiger partial charge in [-0.15, -0.1) is 0 Å². The summed E-state index contributed by atoms with van der Waals surface area (Å²) in [6, 6.07) is 31.9. The van der Waals surface area contributed by atoms with Crippen LogP contribution >= 0.6 is 12.2 Å². The number of rotatable bonds is 12. The molecule has 6 rings (SSSR count). The SMILES string of the molecule is CC(C)(C)c1ccc(CN2CCN(Cc3ccc(NS(C)(=O)=O)cc3)C2=O)cc1.CC(C)(C)c1ccc(CN2CCN(Cc3ccc(NS(C)(=O)=O)cc3)C2=S)cc1. The molecule has 4 aromatic rings. The largest absolute Gasteiger partial charge is 0.343 e. The first-order valence-corrected chi connectivity index (χ1v) is 23.6. The predicted molar refractivity (Wildman–Crippen MR) is 240 cm³/mol. The van der Waals surface area contributed by atoms with E-state index in [4.69, 9.17) is 12.2 Å². The van der Waals surface area contributed by atoms with Gasteiger partial charge in [-0.3, -0.25) is 9.44 Å². The third-order valence-electron chi connectivity index (χ3n) is 10.0. The maximum atomic E-state index is 12.8. The second kappa shape index (κ2) is 18.1. The van der Waals surface area contributed by atoms with E-state index >= 15 is 0 Å². The zero-order chi connectivity index (χ0) is 42.5. The minimum Gasteiger partial charge on any atom is -0.343 e. The number of anilines is 2. The van der Waals surface area contributed by atoms with E-state index in [1.165, 1.54) is 16.7 Å². The molecule has 2 fully saturated rings. The number of sulfonamides is 2. The Morgan fingerprint density at radius 2 is 0.741 bits per heavy atom. The Kier molecular flexibility index (Phi) is 13.9. The molecule has 2 saturated heterocycles. The molecule has 0 aliphatic carbocycles. The van der Waals surface area contributed by atoms with Crippen molar-refractivity contribution < 1.29 is 21.6 Å². The van der Waals surface area contributed by atoms with Crippen molar-refractivity contribution in [3.63, 3.8) is 0 Å². The minimum absolute atomic E-state index is 0.0308. The Labute approximate surface area is 351 Å². The van der Waals surface area contributed by atoms with Crippen LogP contribution in [0.15, 0.2) is 97.1 Å². The Morgan fingerprint density at radius 3 is 1.02 bits per heavy atom.